The molecular formula is C22H19ClF2O2S. The van der Waals surface area contributed by atoms with Crippen LogP contribution in [0.15, 0.2) is 77.7 Å². The third-order valence-electron chi connectivity index (χ3n) is 4.66. The summed E-state index contributed by atoms with van der Waals surface area (Å²) in [5, 5.41) is -0.852. The minimum Gasteiger partial charge on any atom is -0.223 e. The molecule has 0 heterocycles. The SMILES string of the molecule is CC(Cc1ccccc1)C(c1cc(F)ccc1F)S(=O)(=O)c1ccc(Cl)cc1. The maximum absolute atomic E-state index is 14.6. The Labute approximate surface area is 168 Å². The van der Waals surface area contributed by atoms with Crippen LogP contribution in [0, 0.1) is 17.6 Å². The maximum atomic E-state index is 14.6. The van der Waals surface area contributed by atoms with Gasteiger partial charge in [-0.05, 0) is 60.4 Å². The number of sulfone groups is 1. The summed E-state index contributed by atoms with van der Waals surface area (Å²) in [5.74, 6) is -1.93. The zero-order valence-corrected chi connectivity index (χ0v) is 16.7. The van der Waals surface area contributed by atoms with Gasteiger partial charge in [0.2, 0.25) is 0 Å². The van der Waals surface area contributed by atoms with Gasteiger partial charge in [0, 0.05) is 10.6 Å². The van der Waals surface area contributed by atoms with Crippen LogP contribution in [-0.2, 0) is 16.3 Å². The van der Waals surface area contributed by atoms with E-state index in [-0.39, 0.29) is 10.5 Å². The molecule has 0 aliphatic rings. The molecular weight excluding hydrogens is 402 g/mol. The van der Waals surface area contributed by atoms with Crippen molar-refractivity contribution in [3.8, 4) is 0 Å². The molecule has 0 amide bonds. The van der Waals surface area contributed by atoms with Crippen LogP contribution in [0.25, 0.3) is 0 Å². The van der Waals surface area contributed by atoms with Gasteiger partial charge in [0.25, 0.3) is 0 Å². The van der Waals surface area contributed by atoms with Crippen molar-refractivity contribution >= 4 is 21.4 Å². The second-order valence-corrected chi connectivity index (χ2v) is 9.26. The normalized spacial score (nSPS) is 13.9. The molecule has 0 aromatic heterocycles. The summed E-state index contributed by atoms with van der Waals surface area (Å²) < 4.78 is 55.3. The lowest BCUT2D eigenvalue weighted by Gasteiger charge is -2.25. The van der Waals surface area contributed by atoms with Gasteiger partial charge in [0.15, 0.2) is 9.84 Å². The van der Waals surface area contributed by atoms with Crippen molar-refractivity contribution in [1.29, 1.82) is 0 Å². The van der Waals surface area contributed by atoms with E-state index in [1.807, 2.05) is 30.3 Å². The van der Waals surface area contributed by atoms with Crippen LogP contribution in [0.5, 0.6) is 0 Å². The molecule has 0 fully saturated rings. The van der Waals surface area contributed by atoms with Crippen LogP contribution in [0.4, 0.5) is 8.78 Å². The Bertz CT molecular complexity index is 1050. The van der Waals surface area contributed by atoms with Crippen LogP contribution >= 0.6 is 11.6 Å². The Morgan fingerprint density at radius 3 is 2.21 bits per heavy atom. The Morgan fingerprint density at radius 1 is 0.929 bits per heavy atom. The minimum atomic E-state index is -3.99. The predicted octanol–water partition coefficient (Wildman–Crippen LogP) is 6.01. The molecule has 6 heteroatoms. The molecule has 0 saturated heterocycles. The van der Waals surface area contributed by atoms with Gasteiger partial charge in [-0.25, -0.2) is 17.2 Å². The zero-order chi connectivity index (χ0) is 20.3. The van der Waals surface area contributed by atoms with Crippen molar-refractivity contribution in [2.45, 2.75) is 23.5 Å². The summed E-state index contributed by atoms with van der Waals surface area (Å²) in [6.45, 7) is 1.73. The Balaban J connectivity index is 2.11. The van der Waals surface area contributed by atoms with E-state index in [1.165, 1.54) is 24.3 Å². The van der Waals surface area contributed by atoms with Crippen molar-refractivity contribution in [2.75, 3.05) is 0 Å². The van der Waals surface area contributed by atoms with E-state index in [0.29, 0.717) is 11.4 Å². The fourth-order valence-corrected chi connectivity index (χ4v) is 5.53. The van der Waals surface area contributed by atoms with Gasteiger partial charge >= 0.3 is 0 Å². The predicted molar refractivity (Wildman–Crippen MR) is 107 cm³/mol. The molecule has 0 bridgehead atoms. The lowest BCUT2D eigenvalue weighted by molar-refractivity contribution is 0.490. The average molecular weight is 421 g/mol. The van der Waals surface area contributed by atoms with E-state index >= 15 is 0 Å². The van der Waals surface area contributed by atoms with Crippen molar-refractivity contribution in [3.05, 3.63) is 101 Å². The minimum absolute atomic E-state index is 0.0190. The van der Waals surface area contributed by atoms with Crippen LogP contribution in [-0.4, -0.2) is 8.42 Å². The van der Waals surface area contributed by atoms with Crippen LogP contribution in [0.2, 0.25) is 5.02 Å². The first kappa shape index (κ1) is 20.5. The first-order valence-electron chi connectivity index (χ1n) is 8.77. The van der Waals surface area contributed by atoms with Gasteiger partial charge in [-0.3, -0.25) is 0 Å². The van der Waals surface area contributed by atoms with Crippen molar-refractivity contribution in [1.82, 2.24) is 0 Å². The smallest absolute Gasteiger partial charge is 0.185 e. The number of rotatable bonds is 6. The zero-order valence-electron chi connectivity index (χ0n) is 15.1. The molecule has 2 nitrogen and oxygen atoms in total. The van der Waals surface area contributed by atoms with Crippen LogP contribution in [0.3, 0.4) is 0 Å². The van der Waals surface area contributed by atoms with E-state index in [4.69, 9.17) is 11.6 Å². The van der Waals surface area contributed by atoms with Crippen molar-refractivity contribution in [3.63, 3.8) is 0 Å². The number of hydrogen-bond donors (Lipinski definition) is 0. The third kappa shape index (κ3) is 4.42. The lowest BCUT2D eigenvalue weighted by Crippen LogP contribution is -2.23. The van der Waals surface area contributed by atoms with E-state index in [9.17, 15) is 17.2 Å². The fourth-order valence-electron chi connectivity index (χ4n) is 3.38. The quantitative estimate of drug-likeness (QED) is 0.489. The fraction of sp³-hybridized carbons (Fsp3) is 0.182. The summed E-state index contributed by atoms with van der Waals surface area (Å²) in [6, 6.07) is 17.9. The highest BCUT2D eigenvalue weighted by atomic mass is 35.5. The number of benzene rings is 3. The molecule has 146 valence electrons. The monoisotopic (exact) mass is 420 g/mol. The number of halogens is 3. The second kappa shape index (κ2) is 8.41. The number of hydrogen-bond acceptors (Lipinski definition) is 2. The molecule has 28 heavy (non-hydrogen) atoms. The van der Waals surface area contributed by atoms with Crippen LogP contribution < -0.4 is 0 Å². The first-order chi connectivity index (χ1) is 13.3. The largest absolute Gasteiger partial charge is 0.223 e. The Hall–Kier alpha value is -2.24. The van der Waals surface area contributed by atoms with Gasteiger partial charge < -0.3 is 0 Å². The Kier molecular flexibility index (Phi) is 6.16. The summed E-state index contributed by atoms with van der Waals surface area (Å²) >= 11 is 5.87. The van der Waals surface area contributed by atoms with Crippen molar-refractivity contribution in [2.24, 2.45) is 5.92 Å². The molecule has 0 radical (unpaired) electrons. The standard InChI is InChI=1S/C22H19ClF2O2S/c1-15(13-16-5-3-2-4-6-16)22(20-14-18(24)9-12-21(20)25)28(26,27)19-10-7-17(23)8-11-19/h2-12,14-15,22H,13H2,1H3. The second-order valence-electron chi connectivity index (χ2n) is 6.75. The van der Waals surface area contributed by atoms with Gasteiger partial charge in [0.05, 0.1) is 10.1 Å². The lowest BCUT2D eigenvalue weighted by atomic mass is 9.93. The molecule has 2 unspecified atom stereocenters. The van der Waals surface area contributed by atoms with E-state index in [0.717, 1.165) is 23.8 Å². The molecule has 0 saturated carbocycles. The molecule has 0 aliphatic carbocycles. The van der Waals surface area contributed by atoms with Crippen LogP contribution in [0.1, 0.15) is 23.3 Å². The van der Waals surface area contributed by atoms with Gasteiger partial charge in [-0.15, -0.1) is 0 Å². The Morgan fingerprint density at radius 2 is 1.57 bits per heavy atom. The topological polar surface area (TPSA) is 34.1 Å². The van der Waals surface area contributed by atoms with Gasteiger partial charge in [0.1, 0.15) is 11.6 Å². The molecule has 3 aromatic rings. The van der Waals surface area contributed by atoms with Gasteiger partial charge in [-0.2, -0.15) is 0 Å². The molecule has 3 aromatic carbocycles. The maximum Gasteiger partial charge on any atom is 0.185 e. The summed E-state index contributed by atoms with van der Waals surface area (Å²) in [5.41, 5.74) is 0.751. The first-order valence-corrected chi connectivity index (χ1v) is 10.7. The van der Waals surface area contributed by atoms with Gasteiger partial charge in [-0.1, -0.05) is 48.9 Å². The highest BCUT2D eigenvalue weighted by Gasteiger charge is 2.36. The molecule has 3 rings (SSSR count). The van der Waals surface area contributed by atoms with E-state index in [1.54, 1.807) is 6.92 Å². The molecule has 2 atom stereocenters. The molecule has 0 aliphatic heterocycles. The third-order valence-corrected chi connectivity index (χ3v) is 7.23. The summed E-state index contributed by atoms with van der Waals surface area (Å²) in [4.78, 5) is 0.0190. The highest BCUT2D eigenvalue weighted by Crippen LogP contribution is 2.38. The van der Waals surface area contributed by atoms with E-state index < -0.39 is 32.6 Å². The average Bonchev–Trinajstić information content (AvgIpc) is 2.66. The highest BCUT2D eigenvalue weighted by molar-refractivity contribution is 7.91. The molecule has 0 spiro atoms. The van der Waals surface area contributed by atoms with Crippen molar-refractivity contribution < 1.29 is 17.2 Å². The molecule has 0 N–H and O–H groups in total. The summed E-state index contributed by atoms with van der Waals surface area (Å²) in [6.07, 6.45) is 0.397. The summed E-state index contributed by atoms with van der Waals surface area (Å²) in [7, 11) is -3.99. The van der Waals surface area contributed by atoms with E-state index in [2.05, 4.69) is 0 Å².